The molecule has 108 valence electrons. The molecule has 0 aliphatic carbocycles. The Morgan fingerprint density at radius 3 is 2.75 bits per heavy atom. The van der Waals surface area contributed by atoms with E-state index in [-0.39, 0.29) is 6.04 Å². The normalized spacial score (nSPS) is 12.4. The Hall–Kier alpha value is -0.970. The summed E-state index contributed by atoms with van der Waals surface area (Å²) in [5, 5.41) is 4.07. The predicted molar refractivity (Wildman–Crippen MR) is 84.7 cm³/mol. The Morgan fingerprint density at radius 1 is 1.45 bits per heavy atom. The zero-order chi connectivity index (χ0) is 14.7. The average Bonchev–Trinajstić information content (AvgIpc) is 2.81. The van der Waals surface area contributed by atoms with Crippen molar-refractivity contribution in [2.75, 3.05) is 13.7 Å². The lowest BCUT2D eigenvalue weighted by Crippen LogP contribution is -2.23. The second-order valence-corrected chi connectivity index (χ2v) is 5.76. The van der Waals surface area contributed by atoms with Gasteiger partial charge >= 0.3 is 0 Å². The third kappa shape index (κ3) is 3.03. The van der Waals surface area contributed by atoms with Gasteiger partial charge in [-0.2, -0.15) is 0 Å². The lowest BCUT2D eigenvalue weighted by molar-refractivity contribution is 0.391. The highest BCUT2D eigenvalue weighted by molar-refractivity contribution is 9.10. The van der Waals surface area contributed by atoms with E-state index in [0.29, 0.717) is 5.02 Å². The molecule has 20 heavy (non-hydrogen) atoms. The van der Waals surface area contributed by atoms with Crippen molar-refractivity contribution in [2.45, 2.75) is 19.9 Å². The minimum absolute atomic E-state index is 0.0973. The third-order valence-corrected chi connectivity index (χ3v) is 3.93. The molecule has 0 radical (unpaired) electrons. The average molecular weight is 359 g/mol. The summed E-state index contributed by atoms with van der Waals surface area (Å²) in [6, 6.07) is 5.58. The fourth-order valence-electron chi connectivity index (χ4n) is 2.24. The molecule has 2 aromatic rings. The highest BCUT2D eigenvalue weighted by Crippen LogP contribution is 2.39. The first kappa shape index (κ1) is 15.4. The Morgan fingerprint density at radius 2 is 2.20 bits per heavy atom. The van der Waals surface area contributed by atoms with Crippen molar-refractivity contribution in [1.82, 2.24) is 5.32 Å². The first-order valence-corrected chi connectivity index (χ1v) is 7.55. The molecule has 1 heterocycles. The topological polar surface area (TPSA) is 34.4 Å². The largest absolute Gasteiger partial charge is 0.495 e. The fourth-order valence-corrected chi connectivity index (χ4v) is 3.23. The van der Waals surface area contributed by atoms with E-state index in [1.807, 2.05) is 25.1 Å². The summed E-state index contributed by atoms with van der Waals surface area (Å²) in [4.78, 5) is 0. The van der Waals surface area contributed by atoms with Gasteiger partial charge in [0.2, 0.25) is 0 Å². The summed E-state index contributed by atoms with van der Waals surface area (Å²) in [6.45, 7) is 4.88. The van der Waals surface area contributed by atoms with Crippen molar-refractivity contribution in [2.24, 2.45) is 0 Å². The van der Waals surface area contributed by atoms with Crippen LogP contribution >= 0.6 is 27.5 Å². The van der Waals surface area contributed by atoms with Gasteiger partial charge in [0.15, 0.2) is 0 Å². The van der Waals surface area contributed by atoms with E-state index < -0.39 is 0 Å². The Kier molecular flexibility index (Phi) is 5.13. The maximum absolute atomic E-state index is 6.18. The van der Waals surface area contributed by atoms with Gasteiger partial charge < -0.3 is 14.5 Å². The van der Waals surface area contributed by atoms with E-state index >= 15 is 0 Å². The van der Waals surface area contributed by atoms with Gasteiger partial charge in [0.1, 0.15) is 11.5 Å². The molecule has 1 N–H and O–H groups in total. The van der Waals surface area contributed by atoms with Crippen molar-refractivity contribution in [3.05, 3.63) is 50.8 Å². The SMILES string of the molecule is CCNC(c1cc(Cl)cc(Br)c1OC)c1occc1C. The number of rotatable bonds is 5. The van der Waals surface area contributed by atoms with Gasteiger partial charge in [-0.3, -0.25) is 0 Å². The van der Waals surface area contributed by atoms with Crippen molar-refractivity contribution < 1.29 is 9.15 Å². The van der Waals surface area contributed by atoms with E-state index in [4.69, 9.17) is 20.8 Å². The maximum atomic E-state index is 6.18. The molecule has 0 amide bonds. The summed E-state index contributed by atoms with van der Waals surface area (Å²) in [7, 11) is 1.65. The second kappa shape index (κ2) is 6.66. The summed E-state index contributed by atoms with van der Waals surface area (Å²) >= 11 is 9.67. The van der Waals surface area contributed by atoms with Crippen LogP contribution in [0.15, 0.2) is 33.4 Å². The monoisotopic (exact) mass is 357 g/mol. The molecule has 1 atom stereocenters. The highest BCUT2D eigenvalue weighted by Gasteiger charge is 2.24. The zero-order valence-corrected chi connectivity index (χ0v) is 14.0. The number of ether oxygens (including phenoxy) is 1. The summed E-state index contributed by atoms with van der Waals surface area (Å²) in [5.41, 5.74) is 2.04. The lowest BCUT2D eigenvalue weighted by atomic mass is 10.0. The van der Waals surface area contributed by atoms with Crippen LogP contribution in [-0.2, 0) is 0 Å². The Balaban J connectivity index is 2.58. The zero-order valence-electron chi connectivity index (χ0n) is 11.7. The van der Waals surface area contributed by atoms with E-state index in [1.165, 1.54) is 0 Å². The number of hydrogen-bond acceptors (Lipinski definition) is 3. The molecular weight excluding hydrogens is 342 g/mol. The standard InChI is InChI=1S/C15H17BrClNO2/c1-4-18-13(14-9(2)5-6-20-14)11-7-10(17)8-12(16)15(11)19-3/h5-8,13,18H,4H2,1-3H3. The summed E-state index contributed by atoms with van der Waals surface area (Å²) in [6.07, 6.45) is 1.70. The Labute approximate surface area is 132 Å². The van der Waals surface area contributed by atoms with E-state index in [1.54, 1.807) is 13.4 Å². The molecule has 0 fully saturated rings. The van der Waals surface area contributed by atoms with Gasteiger partial charge in [-0.15, -0.1) is 0 Å². The van der Waals surface area contributed by atoms with Crippen molar-refractivity contribution in [3.8, 4) is 5.75 Å². The second-order valence-electron chi connectivity index (χ2n) is 4.47. The van der Waals surface area contributed by atoms with Crippen molar-refractivity contribution in [3.63, 3.8) is 0 Å². The van der Waals surface area contributed by atoms with Gasteiger partial charge in [-0.1, -0.05) is 18.5 Å². The first-order valence-electron chi connectivity index (χ1n) is 6.38. The lowest BCUT2D eigenvalue weighted by Gasteiger charge is -2.21. The fraction of sp³-hybridized carbons (Fsp3) is 0.333. The molecule has 1 unspecified atom stereocenters. The molecule has 0 saturated heterocycles. The number of hydrogen-bond donors (Lipinski definition) is 1. The number of methoxy groups -OCH3 is 1. The molecule has 5 heteroatoms. The van der Waals surface area contributed by atoms with Crippen LogP contribution in [0.1, 0.15) is 29.9 Å². The molecule has 3 nitrogen and oxygen atoms in total. The van der Waals surface area contributed by atoms with Crippen molar-refractivity contribution in [1.29, 1.82) is 0 Å². The third-order valence-electron chi connectivity index (χ3n) is 3.12. The molecule has 1 aromatic heterocycles. The molecule has 0 saturated carbocycles. The minimum atomic E-state index is -0.0973. The summed E-state index contributed by atoms with van der Waals surface area (Å²) in [5.74, 6) is 1.63. The molecule has 1 aromatic carbocycles. The van der Waals surface area contributed by atoms with Gasteiger partial charge in [0.05, 0.1) is 23.9 Å². The highest BCUT2D eigenvalue weighted by atomic mass is 79.9. The van der Waals surface area contributed by atoms with Crippen LogP contribution in [0.25, 0.3) is 0 Å². The maximum Gasteiger partial charge on any atom is 0.138 e. The van der Waals surface area contributed by atoms with Crippen LogP contribution in [0.5, 0.6) is 5.75 Å². The minimum Gasteiger partial charge on any atom is -0.495 e. The molecule has 0 bridgehead atoms. The number of furan rings is 1. The van der Waals surface area contributed by atoms with E-state index in [2.05, 4.69) is 28.2 Å². The van der Waals surface area contributed by atoms with Gasteiger partial charge in [-0.05, 0) is 53.2 Å². The van der Waals surface area contributed by atoms with Crippen LogP contribution < -0.4 is 10.1 Å². The molecular formula is C15H17BrClNO2. The predicted octanol–water partition coefficient (Wildman–Crippen LogP) is 4.71. The van der Waals surface area contributed by atoms with E-state index in [0.717, 1.165) is 33.7 Å². The van der Waals surface area contributed by atoms with Crippen LogP contribution in [0, 0.1) is 6.92 Å². The van der Waals surface area contributed by atoms with Gasteiger partial charge in [-0.25, -0.2) is 0 Å². The number of aryl methyl sites for hydroxylation is 1. The van der Waals surface area contributed by atoms with Crippen LogP contribution in [0.2, 0.25) is 5.02 Å². The number of nitrogens with one attached hydrogen (secondary N) is 1. The Bertz CT molecular complexity index is 598. The quantitative estimate of drug-likeness (QED) is 0.840. The molecule has 2 rings (SSSR count). The van der Waals surface area contributed by atoms with Crippen LogP contribution in [0.4, 0.5) is 0 Å². The number of benzene rings is 1. The molecule has 0 aliphatic heterocycles. The van der Waals surface area contributed by atoms with Crippen molar-refractivity contribution >= 4 is 27.5 Å². The molecule has 0 spiro atoms. The first-order chi connectivity index (χ1) is 9.58. The number of halogens is 2. The van der Waals surface area contributed by atoms with Crippen LogP contribution in [0.3, 0.4) is 0 Å². The molecule has 0 aliphatic rings. The van der Waals surface area contributed by atoms with E-state index in [9.17, 15) is 0 Å². The summed E-state index contributed by atoms with van der Waals surface area (Å²) < 4.78 is 12.0. The van der Waals surface area contributed by atoms with Gasteiger partial charge in [0.25, 0.3) is 0 Å². The smallest absolute Gasteiger partial charge is 0.138 e. The van der Waals surface area contributed by atoms with Crippen LogP contribution in [-0.4, -0.2) is 13.7 Å². The van der Waals surface area contributed by atoms with Gasteiger partial charge in [0, 0.05) is 10.6 Å².